The number of hydrogen-bond donors (Lipinski definition) is 1. The van der Waals surface area contributed by atoms with E-state index in [0.29, 0.717) is 29.5 Å². The van der Waals surface area contributed by atoms with Crippen molar-refractivity contribution in [3.05, 3.63) is 42.6 Å². The highest BCUT2D eigenvalue weighted by Crippen LogP contribution is 2.30. The van der Waals surface area contributed by atoms with Gasteiger partial charge < -0.3 is 10.2 Å². The fourth-order valence-corrected chi connectivity index (χ4v) is 3.17. The van der Waals surface area contributed by atoms with Crippen molar-refractivity contribution in [2.24, 2.45) is 5.92 Å². The first-order valence-corrected chi connectivity index (χ1v) is 8.94. The minimum atomic E-state index is -0.999. The van der Waals surface area contributed by atoms with E-state index in [1.807, 2.05) is 24.3 Å². The molecule has 0 aliphatic carbocycles. The van der Waals surface area contributed by atoms with Gasteiger partial charge in [-0.15, -0.1) is 6.58 Å². The molecular formula is C20H23N5O. The number of nitriles is 1. The van der Waals surface area contributed by atoms with Crippen molar-refractivity contribution >= 4 is 22.8 Å². The summed E-state index contributed by atoms with van der Waals surface area (Å²) in [6, 6.07) is 9.65. The van der Waals surface area contributed by atoms with Crippen molar-refractivity contribution in [3.8, 4) is 6.07 Å². The average Bonchev–Trinajstić information content (AvgIpc) is 2.67. The molecular weight excluding hydrogens is 326 g/mol. The van der Waals surface area contributed by atoms with E-state index in [9.17, 15) is 10.1 Å². The first-order chi connectivity index (χ1) is 12.6. The third-order valence-corrected chi connectivity index (χ3v) is 4.75. The number of aromatic nitrogens is 2. The average molecular weight is 349 g/mol. The Bertz CT molecular complexity index is 849. The molecule has 1 atom stereocenters. The zero-order valence-corrected chi connectivity index (χ0v) is 15.0. The zero-order chi connectivity index (χ0) is 18.5. The van der Waals surface area contributed by atoms with Crippen LogP contribution in [0.15, 0.2) is 36.9 Å². The second-order valence-electron chi connectivity index (χ2n) is 6.69. The monoisotopic (exact) mass is 349 g/mol. The summed E-state index contributed by atoms with van der Waals surface area (Å²) in [5.74, 6) is -0.0494. The summed E-state index contributed by atoms with van der Waals surface area (Å²) >= 11 is 0. The van der Waals surface area contributed by atoms with Crippen molar-refractivity contribution in [3.63, 3.8) is 0 Å². The molecule has 1 saturated heterocycles. The lowest BCUT2D eigenvalue weighted by molar-refractivity contribution is -0.121. The Morgan fingerprint density at radius 2 is 2.04 bits per heavy atom. The van der Waals surface area contributed by atoms with Crippen molar-refractivity contribution in [2.75, 3.05) is 24.5 Å². The Morgan fingerprint density at radius 1 is 1.38 bits per heavy atom. The molecule has 6 nitrogen and oxygen atoms in total. The maximum atomic E-state index is 12.5. The van der Waals surface area contributed by atoms with Crippen LogP contribution in [0.25, 0.3) is 11.0 Å². The van der Waals surface area contributed by atoms with Crippen LogP contribution in [-0.2, 0) is 4.79 Å². The molecule has 1 N–H and O–H groups in total. The standard InChI is InChI=1S/C20H23N5O/c1-3-10-22-20(26)15(13-21)18-19(25-11-8-14(2)9-12-25)24-17-7-5-4-6-16(17)23-18/h3-7,14-15H,1,8-12H2,2H3,(H,22,26)/t15-/m0/s1. The third kappa shape index (κ3) is 3.67. The van der Waals surface area contributed by atoms with E-state index in [1.54, 1.807) is 6.08 Å². The van der Waals surface area contributed by atoms with Crippen molar-refractivity contribution in [1.29, 1.82) is 5.26 Å². The number of hydrogen-bond acceptors (Lipinski definition) is 5. The minimum absolute atomic E-state index is 0.314. The van der Waals surface area contributed by atoms with E-state index >= 15 is 0 Å². The predicted molar refractivity (Wildman–Crippen MR) is 102 cm³/mol. The van der Waals surface area contributed by atoms with Crippen LogP contribution >= 0.6 is 0 Å². The summed E-state index contributed by atoms with van der Waals surface area (Å²) in [4.78, 5) is 24.1. The minimum Gasteiger partial charge on any atom is -0.355 e. The number of carbonyl (C=O) groups excluding carboxylic acids is 1. The van der Waals surface area contributed by atoms with Crippen LogP contribution in [0, 0.1) is 17.2 Å². The van der Waals surface area contributed by atoms with Gasteiger partial charge in [0.15, 0.2) is 11.7 Å². The molecule has 0 bridgehead atoms. The Labute approximate surface area is 153 Å². The van der Waals surface area contributed by atoms with Crippen LogP contribution in [0.3, 0.4) is 0 Å². The van der Waals surface area contributed by atoms with Crippen LogP contribution in [0.5, 0.6) is 0 Å². The van der Waals surface area contributed by atoms with E-state index in [4.69, 9.17) is 4.98 Å². The van der Waals surface area contributed by atoms with Crippen LogP contribution in [0.1, 0.15) is 31.4 Å². The molecule has 134 valence electrons. The van der Waals surface area contributed by atoms with Gasteiger partial charge in [-0.2, -0.15) is 5.26 Å². The van der Waals surface area contributed by atoms with Crippen LogP contribution in [-0.4, -0.2) is 35.5 Å². The van der Waals surface area contributed by atoms with Crippen molar-refractivity contribution in [1.82, 2.24) is 15.3 Å². The molecule has 0 radical (unpaired) electrons. The molecule has 6 heteroatoms. The SMILES string of the molecule is C=CCNC(=O)[C@@H](C#N)c1nc2ccccc2nc1N1CCC(C)CC1. The molecule has 1 aliphatic rings. The van der Waals surface area contributed by atoms with Crippen LogP contribution < -0.4 is 10.2 Å². The fourth-order valence-electron chi connectivity index (χ4n) is 3.17. The number of piperidine rings is 1. The quantitative estimate of drug-likeness (QED) is 0.840. The van der Waals surface area contributed by atoms with Gasteiger partial charge in [0.2, 0.25) is 5.91 Å². The second kappa shape index (κ2) is 7.96. The Balaban J connectivity index is 2.06. The summed E-state index contributed by atoms with van der Waals surface area (Å²) in [5, 5.41) is 12.4. The highest BCUT2D eigenvalue weighted by atomic mass is 16.1. The number of para-hydroxylation sites is 2. The predicted octanol–water partition coefficient (Wildman–Crippen LogP) is 2.78. The fraction of sp³-hybridized carbons (Fsp3) is 0.400. The summed E-state index contributed by atoms with van der Waals surface area (Å²) in [6.07, 6.45) is 3.72. The summed E-state index contributed by atoms with van der Waals surface area (Å²) < 4.78 is 0. The van der Waals surface area contributed by atoms with Gasteiger partial charge in [-0.3, -0.25) is 4.79 Å². The Kier molecular flexibility index (Phi) is 5.47. The number of fused-ring (bicyclic) bond motifs is 1. The molecule has 2 heterocycles. The zero-order valence-electron chi connectivity index (χ0n) is 15.0. The van der Waals surface area contributed by atoms with Gasteiger partial charge in [-0.1, -0.05) is 25.1 Å². The van der Waals surface area contributed by atoms with Crippen molar-refractivity contribution in [2.45, 2.75) is 25.7 Å². The van der Waals surface area contributed by atoms with Gasteiger partial charge in [-0.05, 0) is 30.9 Å². The highest BCUT2D eigenvalue weighted by molar-refractivity contribution is 5.89. The molecule has 1 aromatic carbocycles. The summed E-state index contributed by atoms with van der Waals surface area (Å²) in [6.45, 7) is 7.86. The number of rotatable bonds is 5. The lowest BCUT2D eigenvalue weighted by Gasteiger charge is -2.32. The van der Waals surface area contributed by atoms with Crippen LogP contribution in [0.2, 0.25) is 0 Å². The van der Waals surface area contributed by atoms with Crippen molar-refractivity contribution < 1.29 is 4.79 Å². The van der Waals surface area contributed by atoms with Crippen LogP contribution in [0.4, 0.5) is 5.82 Å². The van der Waals surface area contributed by atoms with E-state index in [0.717, 1.165) is 31.4 Å². The molecule has 1 fully saturated rings. The normalized spacial score (nSPS) is 16.1. The number of amides is 1. The van der Waals surface area contributed by atoms with E-state index in [1.165, 1.54) is 0 Å². The topological polar surface area (TPSA) is 81.9 Å². The lowest BCUT2D eigenvalue weighted by Crippen LogP contribution is -2.36. The smallest absolute Gasteiger partial charge is 0.243 e. The number of nitrogens with zero attached hydrogens (tertiary/aromatic N) is 4. The van der Waals surface area contributed by atoms with Gasteiger partial charge in [0.1, 0.15) is 5.69 Å². The lowest BCUT2D eigenvalue weighted by atomic mass is 9.98. The van der Waals surface area contributed by atoms with Gasteiger partial charge >= 0.3 is 0 Å². The van der Waals surface area contributed by atoms with Gasteiger partial charge in [0, 0.05) is 19.6 Å². The number of carbonyl (C=O) groups is 1. The maximum Gasteiger partial charge on any atom is 0.243 e. The van der Waals surface area contributed by atoms with E-state index in [2.05, 4.69) is 34.8 Å². The van der Waals surface area contributed by atoms with Gasteiger partial charge in [-0.25, -0.2) is 9.97 Å². The van der Waals surface area contributed by atoms with Gasteiger partial charge in [0.25, 0.3) is 0 Å². The second-order valence-corrected chi connectivity index (χ2v) is 6.69. The van der Waals surface area contributed by atoms with Gasteiger partial charge in [0.05, 0.1) is 17.1 Å². The largest absolute Gasteiger partial charge is 0.355 e. The summed E-state index contributed by atoms with van der Waals surface area (Å²) in [5.41, 5.74) is 1.89. The number of anilines is 1. The third-order valence-electron chi connectivity index (χ3n) is 4.75. The highest BCUT2D eigenvalue weighted by Gasteiger charge is 2.29. The Morgan fingerprint density at radius 3 is 2.65 bits per heavy atom. The molecule has 0 spiro atoms. The molecule has 1 aliphatic heterocycles. The molecule has 0 saturated carbocycles. The molecule has 3 rings (SSSR count). The first kappa shape index (κ1) is 17.9. The molecule has 2 aromatic rings. The van der Waals surface area contributed by atoms with E-state index < -0.39 is 5.92 Å². The molecule has 1 aromatic heterocycles. The Hall–Kier alpha value is -2.94. The number of benzene rings is 1. The summed E-state index contributed by atoms with van der Waals surface area (Å²) in [7, 11) is 0. The maximum absolute atomic E-state index is 12.5. The number of nitrogens with one attached hydrogen (secondary N) is 1. The molecule has 1 amide bonds. The first-order valence-electron chi connectivity index (χ1n) is 8.94. The molecule has 26 heavy (non-hydrogen) atoms. The van der Waals surface area contributed by atoms with E-state index in [-0.39, 0.29) is 5.91 Å². The molecule has 0 unspecified atom stereocenters.